The van der Waals surface area contributed by atoms with Crippen LogP contribution in [0.15, 0.2) is 36.5 Å². The third-order valence-corrected chi connectivity index (χ3v) is 3.68. The van der Waals surface area contributed by atoms with E-state index in [4.69, 9.17) is 0 Å². The summed E-state index contributed by atoms with van der Waals surface area (Å²) in [5.74, 6) is 0.994. The van der Waals surface area contributed by atoms with Gasteiger partial charge >= 0.3 is 0 Å². The zero-order valence-corrected chi connectivity index (χ0v) is 16.0. The van der Waals surface area contributed by atoms with Crippen molar-refractivity contribution in [3.8, 4) is 0 Å². The molecule has 0 amide bonds. The fourth-order valence-electron chi connectivity index (χ4n) is 2.26. The topological polar surface area (TPSA) is 12.0 Å². The van der Waals surface area contributed by atoms with Crippen LogP contribution in [0.1, 0.15) is 79.6 Å². The van der Waals surface area contributed by atoms with Crippen LogP contribution >= 0.6 is 0 Å². The van der Waals surface area contributed by atoms with Crippen molar-refractivity contribution in [1.82, 2.24) is 5.32 Å². The quantitative estimate of drug-likeness (QED) is 0.517. The molecule has 1 rings (SSSR count). The molecule has 22 heavy (non-hydrogen) atoms. The molecule has 0 radical (unpaired) electrons. The summed E-state index contributed by atoms with van der Waals surface area (Å²) in [6.45, 7) is 16.7. The highest BCUT2D eigenvalue weighted by Crippen LogP contribution is 2.22. The molecule has 0 saturated heterocycles. The standard InChI is InChI=1S/C10H16.C9H19N.C2H6/c1-4-6-7-8-9-10(3)5-2;1-2-10-8-9-6-4-3-5-7-9;1-2/h6-9H,3-5H2,1-2H3;9-10H,2-8H2,1H3;1-2H3/b7-6-,9-8-;;. The maximum absolute atomic E-state index is 3.85. The summed E-state index contributed by atoms with van der Waals surface area (Å²) in [5.41, 5.74) is 1.18. The molecule has 0 aromatic rings. The minimum atomic E-state index is 0.994. The first-order valence-corrected chi connectivity index (χ1v) is 9.46. The number of hydrogen-bond acceptors (Lipinski definition) is 1. The first-order chi connectivity index (χ1) is 10.7. The molecule has 0 aliphatic heterocycles. The first-order valence-electron chi connectivity index (χ1n) is 9.46. The van der Waals surface area contributed by atoms with Gasteiger partial charge in [-0.1, -0.05) is 90.3 Å². The van der Waals surface area contributed by atoms with Gasteiger partial charge in [-0.25, -0.2) is 0 Å². The van der Waals surface area contributed by atoms with Gasteiger partial charge < -0.3 is 5.32 Å². The van der Waals surface area contributed by atoms with Gasteiger partial charge in [0.2, 0.25) is 0 Å². The van der Waals surface area contributed by atoms with Crippen molar-refractivity contribution in [2.75, 3.05) is 13.1 Å². The maximum atomic E-state index is 3.85. The van der Waals surface area contributed by atoms with Gasteiger partial charge in [-0.05, 0) is 44.7 Å². The van der Waals surface area contributed by atoms with Crippen molar-refractivity contribution >= 4 is 0 Å². The van der Waals surface area contributed by atoms with E-state index in [0.717, 1.165) is 25.3 Å². The second kappa shape index (κ2) is 20.2. The molecule has 0 aromatic heterocycles. The fourth-order valence-corrected chi connectivity index (χ4v) is 2.26. The van der Waals surface area contributed by atoms with Crippen LogP contribution in [0.5, 0.6) is 0 Å². The number of allylic oxidation sites excluding steroid dienone is 5. The molecule has 0 spiro atoms. The lowest BCUT2D eigenvalue weighted by atomic mass is 9.89. The predicted octanol–water partition coefficient (Wildman–Crippen LogP) is 6.68. The predicted molar refractivity (Wildman–Crippen MR) is 104 cm³/mol. The summed E-state index contributed by atoms with van der Waals surface area (Å²) in [7, 11) is 0. The Morgan fingerprint density at radius 2 is 1.68 bits per heavy atom. The third kappa shape index (κ3) is 17.2. The Morgan fingerprint density at radius 1 is 1.05 bits per heavy atom. The van der Waals surface area contributed by atoms with E-state index >= 15 is 0 Å². The Balaban J connectivity index is 0. The molecule has 0 unspecified atom stereocenters. The van der Waals surface area contributed by atoms with Gasteiger partial charge in [0.25, 0.3) is 0 Å². The van der Waals surface area contributed by atoms with Crippen molar-refractivity contribution in [2.24, 2.45) is 5.92 Å². The van der Waals surface area contributed by atoms with Crippen molar-refractivity contribution in [3.05, 3.63) is 36.5 Å². The van der Waals surface area contributed by atoms with Crippen LogP contribution in [0.2, 0.25) is 0 Å². The van der Waals surface area contributed by atoms with Crippen molar-refractivity contribution in [1.29, 1.82) is 0 Å². The van der Waals surface area contributed by atoms with Gasteiger partial charge in [-0.3, -0.25) is 0 Å². The number of rotatable bonds is 7. The van der Waals surface area contributed by atoms with Gasteiger partial charge in [0, 0.05) is 0 Å². The molecule has 1 heteroatoms. The summed E-state index contributed by atoms with van der Waals surface area (Å²) in [4.78, 5) is 0. The Hall–Kier alpha value is -0.820. The molecule has 130 valence electrons. The van der Waals surface area contributed by atoms with Crippen LogP contribution in [-0.2, 0) is 0 Å². The van der Waals surface area contributed by atoms with E-state index < -0.39 is 0 Å². The smallest absolute Gasteiger partial charge is 0.00206 e. The zero-order chi connectivity index (χ0) is 17.1. The molecule has 0 aromatic carbocycles. The molecular weight excluding hydrogens is 266 g/mol. The monoisotopic (exact) mass is 307 g/mol. The average molecular weight is 308 g/mol. The highest BCUT2D eigenvalue weighted by molar-refractivity contribution is 5.18. The number of hydrogen-bond donors (Lipinski definition) is 1. The van der Waals surface area contributed by atoms with Gasteiger partial charge in [-0.2, -0.15) is 0 Å². The fraction of sp³-hybridized carbons (Fsp3) is 0.714. The van der Waals surface area contributed by atoms with E-state index in [1.54, 1.807) is 0 Å². The molecular formula is C21H41N. The molecule has 0 atom stereocenters. The molecule has 1 aliphatic carbocycles. The van der Waals surface area contributed by atoms with E-state index in [-0.39, 0.29) is 0 Å². The van der Waals surface area contributed by atoms with Gasteiger partial charge in [0.05, 0.1) is 0 Å². The molecule has 1 saturated carbocycles. The first kappa shape index (κ1) is 23.4. The van der Waals surface area contributed by atoms with Crippen LogP contribution in [0.3, 0.4) is 0 Å². The van der Waals surface area contributed by atoms with E-state index in [9.17, 15) is 0 Å². The maximum Gasteiger partial charge on any atom is -0.00206 e. The highest BCUT2D eigenvalue weighted by atomic mass is 14.8. The minimum Gasteiger partial charge on any atom is -0.317 e. The summed E-state index contributed by atoms with van der Waals surface area (Å²) in [5, 5.41) is 3.42. The van der Waals surface area contributed by atoms with E-state index in [1.165, 1.54) is 44.2 Å². The van der Waals surface area contributed by atoms with Crippen molar-refractivity contribution in [3.63, 3.8) is 0 Å². The van der Waals surface area contributed by atoms with Crippen LogP contribution in [0.4, 0.5) is 0 Å². The third-order valence-electron chi connectivity index (χ3n) is 3.68. The van der Waals surface area contributed by atoms with E-state index in [1.807, 2.05) is 26.0 Å². The van der Waals surface area contributed by atoms with Crippen LogP contribution in [-0.4, -0.2) is 13.1 Å². The van der Waals surface area contributed by atoms with Crippen LogP contribution in [0, 0.1) is 5.92 Å². The Labute approximate surface area is 141 Å². The average Bonchev–Trinajstić information content (AvgIpc) is 2.60. The van der Waals surface area contributed by atoms with Gasteiger partial charge in [0.15, 0.2) is 0 Å². The second-order valence-electron chi connectivity index (χ2n) is 5.52. The summed E-state index contributed by atoms with van der Waals surface area (Å²) in [6, 6.07) is 0. The largest absolute Gasteiger partial charge is 0.317 e. The lowest BCUT2D eigenvalue weighted by Crippen LogP contribution is -2.23. The van der Waals surface area contributed by atoms with Crippen molar-refractivity contribution in [2.45, 2.75) is 79.6 Å². The summed E-state index contributed by atoms with van der Waals surface area (Å²) in [6.07, 6.45) is 17.7. The lowest BCUT2D eigenvalue weighted by Gasteiger charge is -2.21. The summed E-state index contributed by atoms with van der Waals surface area (Å²) < 4.78 is 0. The van der Waals surface area contributed by atoms with E-state index in [2.05, 4.69) is 44.8 Å². The number of nitrogens with one attached hydrogen (secondary N) is 1. The van der Waals surface area contributed by atoms with Gasteiger partial charge in [-0.15, -0.1) is 0 Å². The molecule has 1 aliphatic rings. The highest BCUT2D eigenvalue weighted by Gasteiger charge is 2.11. The SMILES string of the molecule is C=C(/C=C\C=C/CC)CC.CC.CCNCC1CCCCC1. The molecule has 1 N–H and O–H groups in total. The minimum absolute atomic E-state index is 0.994. The van der Waals surface area contributed by atoms with Crippen LogP contribution in [0.25, 0.3) is 0 Å². The lowest BCUT2D eigenvalue weighted by molar-refractivity contribution is 0.345. The van der Waals surface area contributed by atoms with Crippen LogP contribution < -0.4 is 5.32 Å². The molecule has 1 fully saturated rings. The molecule has 1 nitrogen and oxygen atoms in total. The second-order valence-corrected chi connectivity index (χ2v) is 5.52. The molecule has 0 bridgehead atoms. The van der Waals surface area contributed by atoms with Crippen molar-refractivity contribution < 1.29 is 0 Å². The Morgan fingerprint density at radius 3 is 2.18 bits per heavy atom. The zero-order valence-electron chi connectivity index (χ0n) is 16.0. The Kier molecular flexibility index (Phi) is 21.5. The summed E-state index contributed by atoms with van der Waals surface area (Å²) >= 11 is 0. The molecule has 0 heterocycles. The van der Waals surface area contributed by atoms with E-state index in [0.29, 0.717) is 0 Å². The van der Waals surface area contributed by atoms with Gasteiger partial charge in [0.1, 0.15) is 0 Å². The normalized spacial score (nSPS) is 15.1. The Bertz CT molecular complexity index is 270.